The number of rotatable bonds is 9. The minimum absolute atomic E-state index is 0.114. The first-order valence-electron chi connectivity index (χ1n) is 12.3. The molecule has 0 spiro atoms. The third-order valence-corrected chi connectivity index (χ3v) is 8.73. The van der Waals surface area contributed by atoms with Gasteiger partial charge in [-0.25, -0.2) is 8.42 Å². The van der Waals surface area contributed by atoms with Crippen molar-refractivity contribution in [3.8, 4) is 0 Å². The quantitative estimate of drug-likeness (QED) is 0.468. The van der Waals surface area contributed by atoms with Crippen LogP contribution in [0, 0.1) is 13.8 Å². The van der Waals surface area contributed by atoms with Crippen LogP contribution in [0.3, 0.4) is 0 Å². The lowest BCUT2D eigenvalue weighted by Crippen LogP contribution is -2.52. The average Bonchev–Trinajstić information content (AvgIpc) is 2.83. The van der Waals surface area contributed by atoms with E-state index in [1.165, 1.54) is 11.3 Å². The smallest absolute Gasteiger partial charge is 0.244 e. The molecule has 2 aromatic rings. The zero-order valence-corrected chi connectivity index (χ0v) is 23.9. The van der Waals surface area contributed by atoms with Gasteiger partial charge in [-0.3, -0.25) is 13.9 Å². The van der Waals surface area contributed by atoms with E-state index >= 15 is 0 Å². The third-order valence-electron chi connectivity index (χ3n) is 6.70. The second kappa shape index (κ2) is 12.2. The van der Waals surface area contributed by atoms with Crippen LogP contribution in [0.25, 0.3) is 0 Å². The van der Waals surface area contributed by atoms with Gasteiger partial charge in [0.1, 0.15) is 12.6 Å². The highest BCUT2D eigenvalue weighted by molar-refractivity contribution is 9.10. The first-order chi connectivity index (χ1) is 17.0. The van der Waals surface area contributed by atoms with Crippen LogP contribution in [-0.4, -0.2) is 50.0 Å². The van der Waals surface area contributed by atoms with Gasteiger partial charge in [0, 0.05) is 17.1 Å². The predicted molar refractivity (Wildman–Crippen MR) is 147 cm³/mol. The maximum absolute atomic E-state index is 13.7. The summed E-state index contributed by atoms with van der Waals surface area (Å²) in [5.41, 5.74) is 3.22. The van der Waals surface area contributed by atoms with E-state index in [1.54, 1.807) is 25.1 Å². The normalized spacial score (nSPS) is 15.2. The minimum Gasteiger partial charge on any atom is -0.352 e. The molecule has 196 valence electrons. The van der Waals surface area contributed by atoms with Crippen LogP contribution in [0.15, 0.2) is 46.9 Å². The van der Waals surface area contributed by atoms with Gasteiger partial charge in [-0.2, -0.15) is 0 Å². The zero-order valence-electron chi connectivity index (χ0n) is 21.5. The number of sulfonamides is 1. The van der Waals surface area contributed by atoms with E-state index in [1.807, 2.05) is 38.1 Å². The van der Waals surface area contributed by atoms with E-state index in [9.17, 15) is 18.0 Å². The lowest BCUT2D eigenvalue weighted by molar-refractivity contribution is -0.139. The maximum Gasteiger partial charge on any atom is 0.244 e. The first kappa shape index (κ1) is 28.2. The van der Waals surface area contributed by atoms with Gasteiger partial charge in [0.2, 0.25) is 21.8 Å². The number of nitrogens with one attached hydrogen (secondary N) is 1. The Balaban J connectivity index is 1.87. The topological polar surface area (TPSA) is 86.8 Å². The monoisotopic (exact) mass is 577 g/mol. The standard InChI is InChI=1S/C27H36BrN3O4S/c1-19-10-12-22(13-11-19)17-30(21(3)27(33)29-23-8-6-5-7-9-23)26(32)18-31(36(4,34)35)24-14-15-25(28)20(2)16-24/h10-16,21,23H,5-9,17-18H2,1-4H3,(H,29,33). The molecule has 1 aliphatic rings. The summed E-state index contributed by atoms with van der Waals surface area (Å²) in [6.07, 6.45) is 6.31. The van der Waals surface area contributed by atoms with Crippen molar-refractivity contribution < 1.29 is 18.0 Å². The number of anilines is 1. The van der Waals surface area contributed by atoms with Crippen molar-refractivity contribution in [3.05, 3.63) is 63.6 Å². The Morgan fingerprint density at radius 1 is 1.06 bits per heavy atom. The number of carbonyl (C=O) groups excluding carboxylic acids is 2. The first-order valence-corrected chi connectivity index (χ1v) is 15.0. The van der Waals surface area contributed by atoms with Crippen molar-refractivity contribution in [2.45, 2.75) is 71.5 Å². The zero-order chi connectivity index (χ0) is 26.5. The average molecular weight is 579 g/mol. The molecule has 1 aliphatic carbocycles. The summed E-state index contributed by atoms with van der Waals surface area (Å²) < 4.78 is 27.4. The van der Waals surface area contributed by atoms with E-state index in [0.29, 0.717) is 5.69 Å². The number of hydrogen-bond donors (Lipinski definition) is 1. The Hall–Kier alpha value is -2.39. The summed E-state index contributed by atoms with van der Waals surface area (Å²) in [6.45, 7) is 5.36. The molecule has 0 aromatic heterocycles. The van der Waals surface area contributed by atoms with Gasteiger partial charge in [0.15, 0.2) is 0 Å². The fraction of sp³-hybridized carbons (Fsp3) is 0.481. The van der Waals surface area contributed by atoms with Crippen LogP contribution in [-0.2, 0) is 26.2 Å². The second-order valence-corrected chi connectivity index (χ2v) is 12.5. The third kappa shape index (κ3) is 7.56. The molecule has 1 atom stereocenters. The molecule has 7 nitrogen and oxygen atoms in total. The summed E-state index contributed by atoms with van der Waals surface area (Å²) in [4.78, 5) is 28.3. The summed E-state index contributed by atoms with van der Waals surface area (Å²) in [5.74, 6) is -0.652. The van der Waals surface area contributed by atoms with Crippen LogP contribution in [0.2, 0.25) is 0 Å². The van der Waals surface area contributed by atoms with E-state index < -0.39 is 28.5 Å². The highest BCUT2D eigenvalue weighted by Crippen LogP contribution is 2.25. The SMILES string of the molecule is Cc1ccc(CN(C(=O)CN(c2ccc(Br)c(C)c2)S(C)(=O)=O)C(C)C(=O)NC2CCCCC2)cc1. The van der Waals surface area contributed by atoms with Crippen LogP contribution >= 0.6 is 15.9 Å². The number of aryl methyl sites for hydroxylation is 2. The Kier molecular flexibility index (Phi) is 9.58. The molecular weight excluding hydrogens is 542 g/mol. The molecule has 9 heteroatoms. The van der Waals surface area contributed by atoms with Crippen LogP contribution in [0.5, 0.6) is 0 Å². The summed E-state index contributed by atoms with van der Waals surface area (Å²) in [7, 11) is -3.75. The molecular formula is C27H36BrN3O4S. The van der Waals surface area contributed by atoms with Crippen molar-refractivity contribution in [2.75, 3.05) is 17.1 Å². The highest BCUT2D eigenvalue weighted by atomic mass is 79.9. The molecule has 0 radical (unpaired) electrons. The number of amides is 2. The second-order valence-electron chi connectivity index (χ2n) is 9.73. The Labute approximate surface area is 223 Å². The molecule has 2 amide bonds. The molecule has 1 fully saturated rings. The molecule has 36 heavy (non-hydrogen) atoms. The number of halogens is 1. The van der Waals surface area contributed by atoms with E-state index in [4.69, 9.17) is 0 Å². The molecule has 0 heterocycles. The Morgan fingerprint density at radius 2 is 1.69 bits per heavy atom. The van der Waals surface area contributed by atoms with E-state index in [-0.39, 0.29) is 18.5 Å². The molecule has 0 bridgehead atoms. The molecule has 1 saturated carbocycles. The fourth-order valence-corrected chi connectivity index (χ4v) is 5.53. The maximum atomic E-state index is 13.7. The Morgan fingerprint density at radius 3 is 2.28 bits per heavy atom. The summed E-state index contributed by atoms with van der Waals surface area (Å²) >= 11 is 3.43. The molecule has 0 saturated heterocycles. The van der Waals surface area contributed by atoms with Crippen molar-refractivity contribution in [1.29, 1.82) is 0 Å². The minimum atomic E-state index is -3.75. The summed E-state index contributed by atoms with van der Waals surface area (Å²) in [6, 6.07) is 12.3. The lowest BCUT2D eigenvalue weighted by atomic mass is 9.95. The lowest BCUT2D eigenvalue weighted by Gasteiger charge is -2.33. The van der Waals surface area contributed by atoms with Crippen molar-refractivity contribution in [3.63, 3.8) is 0 Å². The Bertz CT molecular complexity index is 1180. The van der Waals surface area contributed by atoms with Gasteiger partial charge >= 0.3 is 0 Å². The van der Waals surface area contributed by atoms with Crippen LogP contribution in [0.4, 0.5) is 5.69 Å². The largest absolute Gasteiger partial charge is 0.352 e. The van der Waals surface area contributed by atoms with E-state index in [0.717, 1.165) is 57.4 Å². The number of hydrogen-bond acceptors (Lipinski definition) is 4. The van der Waals surface area contributed by atoms with Gasteiger partial charge in [-0.05, 0) is 62.9 Å². The number of benzene rings is 2. The number of nitrogens with zero attached hydrogens (tertiary/aromatic N) is 2. The van der Waals surface area contributed by atoms with Crippen LogP contribution < -0.4 is 9.62 Å². The van der Waals surface area contributed by atoms with Gasteiger partial charge < -0.3 is 10.2 Å². The van der Waals surface area contributed by atoms with Gasteiger partial charge in [-0.15, -0.1) is 0 Å². The van der Waals surface area contributed by atoms with Gasteiger partial charge in [0.05, 0.1) is 11.9 Å². The molecule has 1 unspecified atom stereocenters. The number of carbonyl (C=O) groups is 2. The predicted octanol–water partition coefficient (Wildman–Crippen LogP) is 4.70. The van der Waals surface area contributed by atoms with Crippen molar-refractivity contribution in [1.82, 2.24) is 10.2 Å². The molecule has 2 aromatic carbocycles. The molecule has 1 N–H and O–H groups in total. The molecule has 0 aliphatic heterocycles. The van der Waals surface area contributed by atoms with E-state index in [2.05, 4.69) is 21.2 Å². The van der Waals surface area contributed by atoms with Gasteiger partial charge in [-0.1, -0.05) is 65.0 Å². The van der Waals surface area contributed by atoms with Crippen molar-refractivity contribution in [2.24, 2.45) is 0 Å². The molecule has 3 rings (SSSR count). The van der Waals surface area contributed by atoms with Crippen molar-refractivity contribution >= 4 is 43.5 Å². The summed E-state index contributed by atoms with van der Waals surface area (Å²) in [5, 5.41) is 3.11. The van der Waals surface area contributed by atoms with Crippen LogP contribution in [0.1, 0.15) is 55.7 Å². The highest BCUT2D eigenvalue weighted by Gasteiger charge is 2.31. The fourth-order valence-electron chi connectivity index (χ4n) is 4.44. The van der Waals surface area contributed by atoms with Gasteiger partial charge in [0.25, 0.3) is 0 Å².